The van der Waals surface area contributed by atoms with Gasteiger partial charge >= 0.3 is 0 Å². The normalized spacial score (nSPS) is 15.5. The molecule has 156 valence electrons. The van der Waals surface area contributed by atoms with Crippen LogP contribution >= 0.6 is 0 Å². The van der Waals surface area contributed by atoms with Crippen LogP contribution in [-0.2, 0) is 23.0 Å². The van der Waals surface area contributed by atoms with Crippen LogP contribution in [0.4, 0.5) is 0 Å². The maximum atomic E-state index is 12.5. The van der Waals surface area contributed by atoms with Gasteiger partial charge in [-0.25, -0.2) is 13.1 Å². The largest absolute Gasteiger partial charge is 0.494 e. The number of benzene rings is 2. The number of fused-ring (bicyclic) bond motifs is 1. The van der Waals surface area contributed by atoms with E-state index in [0.29, 0.717) is 18.7 Å². The van der Waals surface area contributed by atoms with Crippen molar-refractivity contribution in [1.82, 2.24) is 10.0 Å². The van der Waals surface area contributed by atoms with Gasteiger partial charge in [0.05, 0.1) is 11.5 Å². The van der Waals surface area contributed by atoms with E-state index in [9.17, 15) is 13.2 Å². The highest BCUT2D eigenvalue weighted by Gasteiger charge is 2.22. The fourth-order valence-corrected chi connectivity index (χ4v) is 4.29. The Morgan fingerprint density at radius 1 is 1.21 bits per heavy atom. The van der Waals surface area contributed by atoms with E-state index in [1.165, 1.54) is 24.3 Å². The van der Waals surface area contributed by atoms with Crippen LogP contribution in [0.3, 0.4) is 0 Å². The molecule has 0 radical (unpaired) electrons. The highest BCUT2D eigenvalue weighted by Crippen LogP contribution is 2.35. The fraction of sp³-hybridized carbons (Fsp3) is 0.381. The Bertz CT molecular complexity index is 987. The summed E-state index contributed by atoms with van der Waals surface area (Å²) in [5.41, 5.74) is 2.32. The molecule has 0 saturated carbocycles. The number of amides is 1. The summed E-state index contributed by atoms with van der Waals surface area (Å²) in [5, 5.41) is 2.86. The monoisotopic (exact) mass is 418 g/mol. The summed E-state index contributed by atoms with van der Waals surface area (Å²) in [6, 6.07) is 9.72. The van der Waals surface area contributed by atoms with E-state index in [1.807, 2.05) is 26.0 Å². The first kappa shape index (κ1) is 21.1. The second-order valence-corrected chi connectivity index (χ2v) is 8.61. The van der Waals surface area contributed by atoms with Crippen molar-refractivity contribution in [1.29, 1.82) is 0 Å². The van der Waals surface area contributed by atoms with Crippen LogP contribution < -0.4 is 19.5 Å². The van der Waals surface area contributed by atoms with Crippen LogP contribution in [0.1, 0.15) is 42.3 Å². The Hall–Kier alpha value is -2.58. The zero-order chi connectivity index (χ0) is 21.0. The molecule has 7 nitrogen and oxygen atoms in total. The zero-order valence-electron chi connectivity index (χ0n) is 16.8. The molecule has 0 fully saturated rings. The Morgan fingerprint density at radius 3 is 2.59 bits per heavy atom. The van der Waals surface area contributed by atoms with Crippen LogP contribution in [0, 0.1) is 0 Å². The molecule has 1 amide bonds. The average Bonchev–Trinajstić information content (AvgIpc) is 3.05. The van der Waals surface area contributed by atoms with Gasteiger partial charge in [-0.1, -0.05) is 6.92 Å². The molecule has 0 bridgehead atoms. The van der Waals surface area contributed by atoms with Crippen LogP contribution in [0.2, 0.25) is 0 Å². The first-order chi connectivity index (χ1) is 13.8. The third-order valence-electron chi connectivity index (χ3n) is 4.58. The van der Waals surface area contributed by atoms with Gasteiger partial charge in [0, 0.05) is 36.2 Å². The summed E-state index contributed by atoms with van der Waals surface area (Å²) in [6.07, 6.45) is 0.964. The molecule has 8 heteroatoms. The average molecular weight is 419 g/mol. The Labute approximate surface area is 171 Å². The second-order valence-electron chi connectivity index (χ2n) is 6.84. The summed E-state index contributed by atoms with van der Waals surface area (Å²) in [5.74, 6) is 1.26. The minimum absolute atomic E-state index is 0.124. The van der Waals surface area contributed by atoms with Crippen LogP contribution in [0.15, 0.2) is 41.3 Å². The molecule has 1 aliphatic heterocycles. The number of hydrogen-bond acceptors (Lipinski definition) is 5. The summed E-state index contributed by atoms with van der Waals surface area (Å²) >= 11 is 0. The lowest BCUT2D eigenvalue weighted by molar-refractivity contribution is 0.0950. The first-order valence-electron chi connectivity index (χ1n) is 9.67. The Balaban J connectivity index is 1.71. The lowest BCUT2D eigenvalue weighted by Gasteiger charge is -2.13. The van der Waals surface area contributed by atoms with E-state index in [4.69, 9.17) is 9.47 Å². The van der Waals surface area contributed by atoms with Crippen molar-refractivity contribution in [3.05, 3.63) is 53.1 Å². The van der Waals surface area contributed by atoms with Gasteiger partial charge < -0.3 is 14.8 Å². The SMILES string of the molecule is CCNS(=O)(=O)c1ccc(C(=O)NCc2cc3c(cc2OCC)CC(C)O3)cc1. The van der Waals surface area contributed by atoms with Crippen molar-refractivity contribution in [2.45, 2.75) is 44.7 Å². The lowest BCUT2D eigenvalue weighted by atomic mass is 10.1. The molecule has 1 heterocycles. The summed E-state index contributed by atoms with van der Waals surface area (Å²) in [7, 11) is -3.54. The van der Waals surface area contributed by atoms with Gasteiger partial charge in [-0.05, 0) is 50.2 Å². The molecular weight excluding hydrogens is 392 g/mol. The Kier molecular flexibility index (Phi) is 6.44. The molecular formula is C21H26N2O5S. The predicted octanol–water partition coefficient (Wildman–Crippen LogP) is 2.64. The number of rotatable bonds is 8. The minimum Gasteiger partial charge on any atom is -0.494 e. The van der Waals surface area contributed by atoms with Crippen molar-refractivity contribution in [2.75, 3.05) is 13.2 Å². The molecule has 0 spiro atoms. The molecule has 2 aromatic rings. The van der Waals surface area contributed by atoms with Crippen molar-refractivity contribution in [3.8, 4) is 11.5 Å². The summed E-state index contributed by atoms with van der Waals surface area (Å²) in [6.45, 7) is 6.74. The van der Waals surface area contributed by atoms with Crippen molar-refractivity contribution in [3.63, 3.8) is 0 Å². The molecule has 0 saturated heterocycles. The van der Waals surface area contributed by atoms with Crippen molar-refractivity contribution in [2.24, 2.45) is 0 Å². The zero-order valence-corrected chi connectivity index (χ0v) is 17.6. The van der Waals surface area contributed by atoms with E-state index in [-0.39, 0.29) is 23.5 Å². The fourth-order valence-electron chi connectivity index (χ4n) is 3.25. The highest BCUT2D eigenvalue weighted by molar-refractivity contribution is 7.89. The summed E-state index contributed by atoms with van der Waals surface area (Å²) in [4.78, 5) is 12.6. The van der Waals surface area contributed by atoms with Gasteiger partial charge in [-0.3, -0.25) is 4.79 Å². The molecule has 3 rings (SSSR count). The van der Waals surface area contributed by atoms with Gasteiger partial charge in [0.15, 0.2) is 0 Å². The Morgan fingerprint density at radius 2 is 1.93 bits per heavy atom. The first-order valence-corrected chi connectivity index (χ1v) is 11.2. The molecule has 1 aliphatic rings. The molecule has 1 unspecified atom stereocenters. The number of sulfonamides is 1. The number of carbonyl (C=O) groups excluding carboxylic acids is 1. The number of ether oxygens (including phenoxy) is 2. The number of carbonyl (C=O) groups is 1. The maximum absolute atomic E-state index is 12.5. The van der Waals surface area contributed by atoms with E-state index in [2.05, 4.69) is 10.0 Å². The van der Waals surface area contributed by atoms with E-state index >= 15 is 0 Å². The van der Waals surface area contributed by atoms with Crippen LogP contribution in [0.5, 0.6) is 11.5 Å². The maximum Gasteiger partial charge on any atom is 0.251 e. The molecule has 2 aromatic carbocycles. The predicted molar refractivity (Wildman–Crippen MR) is 110 cm³/mol. The van der Waals surface area contributed by atoms with Crippen LogP contribution in [0.25, 0.3) is 0 Å². The topological polar surface area (TPSA) is 93.7 Å². The van der Waals surface area contributed by atoms with Crippen molar-refractivity contribution < 1.29 is 22.7 Å². The van der Waals surface area contributed by atoms with Crippen molar-refractivity contribution >= 4 is 15.9 Å². The number of nitrogens with one attached hydrogen (secondary N) is 2. The number of hydrogen-bond donors (Lipinski definition) is 2. The van der Waals surface area contributed by atoms with Crippen LogP contribution in [-0.4, -0.2) is 33.6 Å². The van der Waals surface area contributed by atoms with E-state index in [1.54, 1.807) is 6.92 Å². The smallest absolute Gasteiger partial charge is 0.251 e. The summed E-state index contributed by atoms with van der Waals surface area (Å²) < 4.78 is 38.0. The van der Waals surface area contributed by atoms with E-state index in [0.717, 1.165) is 29.0 Å². The lowest BCUT2D eigenvalue weighted by Crippen LogP contribution is -2.24. The third kappa shape index (κ3) is 4.89. The molecule has 0 aliphatic carbocycles. The minimum atomic E-state index is -3.54. The third-order valence-corrected chi connectivity index (χ3v) is 6.14. The quantitative estimate of drug-likeness (QED) is 0.687. The highest BCUT2D eigenvalue weighted by atomic mass is 32.2. The van der Waals surface area contributed by atoms with Gasteiger partial charge in [-0.15, -0.1) is 0 Å². The van der Waals surface area contributed by atoms with Gasteiger partial charge in [0.1, 0.15) is 17.6 Å². The molecule has 0 aromatic heterocycles. The van der Waals surface area contributed by atoms with Gasteiger partial charge in [-0.2, -0.15) is 0 Å². The molecule has 1 atom stereocenters. The van der Waals surface area contributed by atoms with Gasteiger partial charge in [0.2, 0.25) is 10.0 Å². The molecule has 2 N–H and O–H groups in total. The molecule has 29 heavy (non-hydrogen) atoms. The second kappa shape index (κ2) is 8.84. The standard InChI is InChI=1S/C21H26N2O5S/c1-4-23-29(25,26)18-8-6-15(7-9-18)21(24)22-13-17-12-20-16(10-14(3)28-20)11-19(17)27-5-2/h6-9,11-12,14,23H,4-5,10,13H2,1-3H3,(H,22,24). The van der Waals surface area contributed by atoms with E-state index < -0.39 is 10.0 Å². The van der Waals surface area contributed by atoms with Gasteiger partial charge in [0.25, 0.3) is 5.91 Å².